The highest BCUT2D eigenvalue weighted by Gasteiger charge is 2.38. The summed E-state index contributed by atoms with van der Waals surface area (Å²) in [6, 6.07) is 15.0. The van der Waals surface area contributed by atoms with Crippen LogP contribution in [-0.4, -0.2) is 44.1 Å². The van der Waals surface area contributed by atoms with Gasteiger partial charge in [0.05, 0.1) is 24.2 Å². The van der Waals surface area contributed by atoms with Crippen LogP contribution in [0, 0.1) is 0 Å². The molecular weight excluding hydrogens is 475 g/mol. The first kappa shape index (κ1) is 25.8. The van der Waals surface area contributed by atoms with Crippen LogP contribution < -0.4 is 5.32 Å². The molecule has 0 bridgehead atoms. The van der Waals surface area contributed by atoms with E-state index in [4.69, 9.17) is 32.7 Å². The van der Waals surface area contributed by atoms with Gasteiger partial charge in [0, 0.05) is 34.5 Å². The summed E-state index contributed by atoms with van der Waals surface area (Å²) >= 11 is 12.7. The van der Waals surface area contributed by atoms with E-state index in [0.29, 0.717) is 39.1 Å². The van der Waals surface area contributed by atoms with Gasteiger partial charge in [0.2, 0.25) is 0 Å². The Kier molecular flexibility index (Phi) is 8.78. The lowest BCUT2D eigenvalue weighted by Crippen LogP contribution is -2.33. The maximum atomic E-state index is 13.3. The number of carbonyl (C=O) groups excluding carboxylic acids is 2. The highest BCUT2D eigenvalue weighted by molar-refractivity contribution is 6.33. The van der Waals surface area contributed by atoms with Crippen LogP contribution in [0.25, 0.3) is 0 Å². The number of ether oxygens (including phenoxy) is 2. The van der Waals surface area contributed by atoms with Gasteiger partial charge in [0.25, 0.3) is 0 Å². The fourth-order valence-corrected chi connectivity index (χ4v) is 4.45. The van der Waals surface area contributed by atoms with Crippen LogP contribution in [0.2, 0.25) is 10.0 Å². The molecule has 6 nitrogen and oxygen atoms in total. The zero-order valence-corrected chi connectivity index (χ0v) is 21.2. The van der Waals surface area contributed by atoms with E-state index in [1.165, 1.54) is 12.7 Å². The molecule has 1 unspecified atom stereocenters. The summed E-state index contributed by atoms with van der Waals surface area (Å²) in [5.74, 6) is -1.88. The molecule has 34 heavy (non-hydrogen) atoms. The number of hydrogen-bond donors (Lipinski definition) is 1. The zero-order chi connectivity index (χ0) is 24.8. The number of nitrogens with one attached hydrogen (secondary N) is 1. The van der Waals surface area contributed by atoms with Gasteiger partial charge in [-0.15, -0.1) is 0 Å². The molecule has 1 atom stereocenters. The average Bonchev–Trinajstić information content (AvgIpc) is 2.80. The second-order valence-electron chi connectivity index (χ2n) is 8.15. The van der Waals surface area contributed by atoms with Crippen LogP contribution in [0.15, 0.2) is 71.1 Å². The third kappa shape index (κ3) is 6.00. The minimum absolute atomic E-state index is 0.186. The molecule has 1 aliphatic heterocycles. The lowest BCUT2D eigenvalue weighted by atomic mass is 9.80. The van der Waals surface area contributed by atoms with Crippen LogP contribution in [0.5, 0.6) is 0 Å². The number of likely N-dealkylation sites (N-methyl/N-ethyl adjacent to an activating group) is 1. The molecular formula is C26H28Cl2N2O4. The monoisotopic (exact) mass is 502 g/mol. The van der Waals surface area contributed by atoms with Crippen molar-refractivity contribution in [1.82, 2.24) is 10.2 Å². The predicted molar refractivity (Wildman–Crippen MR) is 133 cm³/mol. The van der Waals surface area contributed by atoms with Crippen molar-refractivity contribution in [3.05, 3.63) is 92.2 Å². The topological polar surface area (TPSA) is 67.9 Å². The largest absolute Gasteiger partial charge is 0.466 e. The molecule has 0 aromatic heterocycles. The molecule has 1 aliphatic rings. The molecule has 8 heteroatoms. The smallest absolute Gasteiger partial charge is 0.336 e. The van der Waals surface area contributed by atoms with Crippen molar-refractivity contribution in [2.75, 3.05) is 27.3 Å². The maximum Gasteiger partial charge on any atom is 0.336 e. The highest BCUT2D eigenvalue weighted by atomic mass is 35.5. The Hall–Kier alpha value is -2.80. The fraction of sp³-hybridized carbons (Fsp3) is 0.308. The van der Waals surface area contributed by atoms with E-state index < -0.39 is 17.9 Å². The summed E-state index contributed by atoms with van der Waals surface area (Å²) < 4.78 is 10.7. The molecule has 2 aromatic carbocycles. The van der Waals surface area contributed by atoms with Crippen LogP contribution >= 0.6 is 23.2 Å². The number of methoxy groups -OCH3 is 1. The first-order valence-corrected chi connectivity index (χ1v) is 11.6. The van der Waals surface area contributed by atoms with Gasteiger partial charge in [0.1, 0.15) is 6.61 Å². The Morgan fingerprint density at radius 2 is 1.65 bits per heavy atom. The Labute approximate surface area is 210 Å². The molecule has 2 aromatic rings. The van der Waals surface area contributed by atoms with Crippen molar-refractivity contribution in [3.63, 3.8) is 0 Å². The molecule has 1 heterocycles. The molecule has 180 valence electrons. The Morgan fingerprint density at radius 3 is 2.29 bits per heavy atom. The van der Waals surface area contributed by atoms with Crippen molar-refractivity contribution in [1.29, 1.82) is 0 Å². The number of rotatable bonds is 8. The average molecular weight is 503 g/mol. The number of dihydropyridines is 1. The molecule has 0 amide bonds. The van der Waals surface area contributed by atoms with Crippen molar-refractivity contribution in [3.8, 4) is 0 Å². The molecule has 0 saturated heterocycles. The van der Waals surface area contributed by atoms with Crippen LogP contribution in [0.4, 0.5) is 0 Å². The second kappa shape index (κ2) is 11.6. The molecule has 3 rings (SSSR count). The predicted octanol–water partition coefficient (Wildman–Crippen LogP) is 5.08. The van der Waals surface area contributed by atoms with Gasteiger partial charge >= 0.3 is 11.9 Å². The van der Waals surface area contributed by atoms with Crippen LogP contribution in [0.3, 0.4) is 0 Å². The highest BCUT2D eigenvalue weighted by Crippen LogP contribution is 2.42. The fourth-order valence-electron chi connectivity index (χ4n) is 4.04. The minimum Gasteiger partial charge on any atom is -0.466 e. The number of hydrogen-bond acceptors (Lipinski definition) is 6. The van der Waals surface area contributed by atoms with Crippen molar-refractivity contribution >= 4 is 35.1 Å². The molecule has 0 saturated carbocycles. The lowest BCUT2D eigenvalue weighted by molar-refractivity contribution is -0.139. The summed E-state index contributed by atoms with van der Waals surface area (Å²) in [6.45, 7) is 4.98. The van der Waals surface area contributed by atoms with E-state index in [0.717, 1.165) is 6.54 Å². The van der Waals surface area contributed by atoms with Crippen molar-refractivity contribution < 1.29 is 19.1 Å². The third-order valence-electron chi connectivity index (χ3n) is 5.66. The number of benzene rings is 2. The van der Waals surface area contributed by atoms with Gasteiger partial charge < -0.3 is 14.8 Å². The van der Waals surface area contributed by atoms with Crippen LogP contribution in [0.1, 0.15) is 30.9 Å². The Bertz CT molecular complexity index is 1130. The van der Waals surface area contributed by atoms with E-state index in [9.17, 15) is 9.59 Å². The number of nitrogens with zero attached hydrogens (tertiary/aromatic N) is 1. The van der Waals surface area contributed by atoms with Gasteiger partial charge in [-0.3, -0.25) is 4.90 Å². The van der Waals surface area contributed by atoms with E-state index >= 15 is 0 Å². The maximum absolute atomic E-state index is 13.3. The zero-order valence-electron chi connectivity index (χ0n) is 19.7. The standard InChI is InChI=1S/C26H28Cl2N2O4/c1-16-22(25(31)33-4)24(20-14-19(27)10-11-21(20)28)23(17(2)29-16)26(32)34-13-12-30(3)15-18-8-6-5-7-9-18/h5-11,14,24,29H,12-13,15H2,1-4H3. The summed E-state index contributed by atoms with van der Waals surface area (Å²) in [6.07, 6.45) is 0. The van der Waals surface area contributed by atoms with Gasteiger partial charge in [-0.2, -0.15) is 0 Å². The summed E-state index contributed by atoms with van der Waals surface area (Å²) in [7, 11) is 3.26. The number of esters is 2. The quantitative estimate of drug-likeness (QED) is 0.507. The van der Waals surface area contributed by atoms with Crippen LogP contribution in [-0.2, 0) is 25.6 Å². The van der Waals surface area contributed by atoms with Crippen molar-refractivity contribution in [2.24, 2.45) is 0 Å². The summed E-state index contributed by atoms with van der Waals surface area (Å²) in [5.41, 5.74) is 3.43. The first-order valence-electron chi connectivity index (χ1n) is 10.8. The van der Waals surface area contributed by atoms with Crippen molar-refractivity contribution in [2.45, 2.75) is 26.3 Å². The SMILES string of the molecule is COC(=O)C1=C(C)NC(C)=C(C(=O)OCCN(C)Cc2ccccc2)C1c1cc(Cl)ccc1Cl. The number of allylic oxidation sites excluding steroid dienone is 2. The van der Waals surface area contributed by atoms with Gasteiger partial charge in [-0.1, -0.05) is 53.5 Å². The second-order valence-corrected chi connectivity index (χ2v) is 9.00. The Balaban J connectivity index is 1.83. The third-order valence-corrected chi connectivity index (χ3v) is 6.24. The first-order chi connectivity index (χ1) is 16.2. The van der Waals surface area contributed by atoms with Gasteiger partial charge in [0.15, 0.2) is 0 Å². The summed E-state index contributed by atoms with van der Waals surface area (Å²) in [5, 5.41) is 3.93. The van der Waals surface area contributed by atoms with E-state index in [2.05, 4.69) is 10.2 Å². The minimum atomic E-state index is -0.783. The number of carbonyl (C=O) groups is 2. The lowest BCUT2D eigenvalue weighted by Gasteiger charge is -2.31. The van der Waals surface area contributed by atoms with Gasteiger partial charge in [-0.25, -0.2) is 9.59 Å². The Morgan fingerprint density at radius 1 is 1.00 bits per heavy atom. The van der Waals surface area contributed by atoms with E-state index in [-0.39, 0.29) is 12.2 Å². The molecule has 0 radical (unpaired) electrons. The van der Waals surface area contributed by atoms with Gasteiger partial charge in [-0.05, 0) is 50.2 Å². The van der Waals surface area contributed by atoms with E-state index in [1.54, 1.807) is 32.0 Å². The summed E-state index contributed by atoms with van der Waals surface area (Å²) in [4.78, 5) is 28.1. The molecule has 0 fully saturated rings. The molecule has 1 N–H and O–H groups in total. The molecule has 0 spiro atoms. The molecule has 0 aliphatic carbocycles. The number of halogens is 2. The normalized spacial score (nSPS) is 15.9. The van der Waals surface area contributed by atoms with E-state index in [1.807, 2.05) is 37.4 Å².